The molecule has 1 unspecified atom stereocenters. The lowest BCUT2D eigenvalue weighted by molar-refractivity contribution is -0.155. The fraction of sp³-hybridized carbons (Fsp3) is 0.524. The maximum Gasteiger partial charge on any atom is 0.417 e. The van der Waals surface area contributed by atoms with Crippen LogP contribution in [0.4, 0.5) is 23.7 Å². The van der Waals surface area contributed by atoms with Gasteiger partial charge in [-0.3, -0.25) is 0 Å². The van der Waals surface area contributed by atoms with Gasteiger partial charge >= 0.3 is 12.2 Å². The van der Waals surface area contributed by atoms with Gasteiger partial charge in [0.2, 0.25) is 0 Å². The van der Waals surface area contributed by atoms with Crippen molar-refractivity contribution in [3.8, 4) is 11.4 Å². The van der Waals surface area contributed by atoms with Crippen molar-refractivity contribution in [3.05, 3.63) is 36.2 Å². The summed E-state index contributed by atoms with van der Waals surface area (Å²) in [6.07, 6.45) is 0.390. The molecule has 10 heteroatoms. The van der Waals surface area contributed by atoms with Crippen LogP contribution in [-0.2, 0) is 10.9 Å². The van der Waals surface area contributed by atoms with Gasteiger partial charge in [-0.15, -0.1) is 5.10 Å². The molecule has 7 nitrogen and oxygen atoms in total. The van der Waals surface area contributed by atoms with E-state index in [-0.39, 0.29) is 35.3 Å². The molecule has 2 aliphatic rings. The molecule has 1 aromatic carbocycles. The Morgan fingerprint density at radius 2 is 2.10 bits per heavy atom. The average molecular weight is 435 g/mol. The molecule has 1 N–H and O–H groups in total. The van der Waals surface area contributed by atoms with Gasteiger partial charge in [-0.25, -0.2) is 9.78 Å². The van der Waals surface area contributed by atoms with Crippen LogP contribution in [-0.4, -0.2) is 50.9 Å². The molecule has 2 fully saturated rings. The van der Waals surface area contributed by atoms with E-state index in [1.165, 1.54) is 24.5 Å². The van der Waals surface area contributed by atoms with Gasteiger partial charge in [-0.05, 0) is 50.3 Å². The molecule has 166 valence electrons. The van der Waals surface area contributed by atoms with E-state index in [2.05, 4.69) is 27.4 Å². The van der Waals surface area contributed by atoms with Crippen LogP contribution in [0.1, 0.15) is 38.7 Å². The Hall–Kier alpha value is -2.75. The molecule has 31 heavy (non-hydrogen) atoms. The smallest absolute Gasteiger partial charge is 0.379 e. The van der Waals surface area contributed by atoms with Crippen molar-refractivity contribution in [1.29, 1.82) is 0 Å². The van der Waals surface area contributed by atoms with Gasteiger partial charge in [0.05, 0.1) is 23.4 Å². The molecule has 2 heterocycles. The van der Waals surface area contributed by atoms with Crippen molar-refractivity contribution < 1.29 is 22.7 Å². The highest BCUT2D eigenvalue weighted by molar-refractivity contribution is 5.92. The van der Waals surface area contributed by atoms with Gasteiger partial charge in [-0.1, -0.05) is 6.92 Å². The molecule has 4 rings (SSSR count). The summed E-state index contributed by atoms with van der Waals surface area (Å²) >= 11 is 0. The number of methoxy groups -OCH3 is 1. The second kappa shape index (κ2) is 7.74. The van der Waals surface area contributed by atoms with Crippen molar-refractivity contribution in [3.63, 3.8) is 0 Å². The van der Waals surface area contributed by atoms with Crippen LogP contribution in [0.3, 0.4) is 0 Å². The predicted molar refractivity (Wildman–Crippen MR) is 107 cm³/mol. The van der Waals surface area contributed by atoms with E-state index in [0.29, 0.717) is 5.92 Å². The number of aromatic nitrogens is 3. The number of rotatable bonds is 4. The Morgan fingerprint density at radius 1 is 1.32 bits per heavy atom. The van der Waals surface area contributed by atoms with Gasteiger partial charge in [0.15, 0.2) is 5.82 Å². The molecular formula is C21H24F3N5O2. The van der Waals surface area contributed by atoms with E-state index < -0.39 is 17.3 Å². The zero-order valence-corrected chi connectivity index (χ0v) is 17.5. The number of halogens is 3. The Labute approximate surface area is 178 Å². The molecule has 2 bridgehead atoms. The number of piperidine rings is 1. The van der Waals surface area contributed by atoms with Crippen LogP contribution in [0.15, 0.2) is 30.6 Å². The summed E-state index contributed by atoms with van der Waals surface area (Å²) in [6.45, 7) is 4.11. The first kappa shape index (κ1) is 21.5. The van der Waals surface area contributed by atoms with Crippen molar-refractivity contribution >= 4 is 11.7 Å². The largest absolute Gasteiger partial charge is 0.417 e. The second-order valence-corrected chi connectivity index (χ2v) is 8.41. The highest BCUT2D eigenvalue weighted by atomic mass is 19.4. The number of amides is 2. The van der Waals surface area contributed by atoms with Crippen molar-refractivity contribution in [2.45, 2.75) is 57.0 Å². The number of alkyl halides is 3. The van der Waals surface area contributed by atoms with Gasteiger partial charge in [0.1, 0.15) is 0 Å². The number of urea groups is 1. The highest BCUT2D eigenvalue weighted by Crippen LogP contribution is 2.52. The first-order valence-corrected chi connectivity index (χ1v) is 10.1. The van der Waals surface area contributed by atoms with Crippen LogP contribution in [0.2, 0.25) is 0 Å². The van der Waals surface area contributed by atoms with Crippen molar-refractivity contribution in [2.75, 3.05) is 12.4 Å². The highest BCUT2D eigenvalue weighted by Gasteiger charge is 2.61. The summed E-state index contributed by atoms with van der Waals surface area (Å²) in [4.78, 5) is 18.9. The normalized spacial score (nSPS) is 26.2. The summed E-state index contributed by atoms with van der Waals surface area (Å²) in [6, 6.07) is 3.16. The average Bonchev–Trinajstić information content (AvgIpc) is 2.72. The lowest BCUT2D eigenvalue weighted by atomic mass is 9.62. The standard InChI is InChI=1S/C21H24F3N5O2/c1-12-8-15-11-20(10-12,13(2)31-3)29(15)19(30)27-14-4-5-17(21(22,23)24)16(9-14)18-25-6-7-26-28-18/h4-7,9,12-13,15H,8,10-11H2,1-3H3,(H,27,30)/t12-,13?,15-,20+/m1/s1. The number of anilines is 1. The first-order valence-electron chi connectivity index (χ1n) is 10.1. The van der Waals surface area contributed by atoms with Crippen molar-refractivity contribution in [1.82, 2.24) is 20.1 Å². The molecule has 1 aromatic heterocycles. The van der Waals surface area contributed by atoms with E-state index in [1.54, 1.807) is 12.0 Å². The van der Waals surface area contributed by atoms with E-state index in [4.69, 9.17) is 4.74 Å². The number of likely N-dealkylation sites (tertiary alicyclic amines) is 1. The third kappa shape index (κ3) is 3.73. The molecule has 0 spiro atoms. The number of nitrogens with zero attached hydrogens (tertiary/aromatic N) is 4. The summed E-state index contributed by atoms with van der Waals surface area (Å²) in [5.41, 5.74) is -1.30. The fourth-order valence-electron chi connectivity index (χ4n) is 5.09. The van der Waals surface area contributed by atoms with Crippen LogP contribution < -0.4 is 5.32 Å². The summed E-state index contributed by atoms with van der Waals surface area (Å²) < 4.78 is 46.1. The zero-order valence-electron chi connectivity index (χ0n) is 17.5. The van der Waals surface area contributed by atoms with Crippen LogP contribution in [0.5, 0.6) is 0 Å². The van der Waals surface area contributed by atoms with Crippen molar-refractivity contribution in [2.24, 2.45) is 5.92 Å². The van der Waals surface area contributed by atoms with Crippen LogP contribution in [0.25, 0.3) is 11.4 Å². The Bertz CT molecular complexity index is 971. The SMILES string of the molecule is COC(C)[C@]12C[C@H](C)C[C@H](C1)N2C(=O)Nc1ccc(C(F)(F)F)c(-c2nccnn2)c1. The first-order chi connectivity index (χ1) is 14.7. The van der Waals surface area contributed by atoms with E-state index >= 15 is 0 Å². The number of hydrogen-bond donors (Lipinski definition) is 1. The maximum atomic E-state index is 13.5. The molecule has 1 aliphatic heterocycles. The number of carbonyl (C=O) groups is 1. The number of hydrogen-bond acceptors (Lipinski definition) is 5. The number of ether oxygens (including phenoxy) is 1. The zero-order chi connectivity index (χ0) is 22.4. The van der Waals surface area contributed by atoms with Gasteiger partial charge < -0.3 is 15.0 Å². The second-order valence-electron chi connectivity index (χ2n) is 8.41. The molecule has 1 saturated heterocycles. The van der Waals surface area contributed by atoms with E-state index in [0.717, 1.165) is 25.3 Å². The molecule has 1 aliphatic carbocycles. The van der Waals surface area contributed by atoms with E-state index in [9.17, 15) is 18.0 Å². The molecule has 0 radical (unpaired) electrons. The third-order valence-corrected chi connectivity index (χ3v) is 6.44. The Morgan fingerprint density at radius 3 is 2.74 bits per heavy atom. The number of benzene rings is 1. The summed E-state index contributed by atoms with van der Waals surface area (Å²) in [5, 5.41) is 10.1. The van der Waals surface area contributed by atoms with Gasteiger partial charge in [0, 0.05) is 30.6 Å². The number of nitrogens with one attached hydrogen (secondary N) is 1. The lowest BCUT2D eigenvalue weighted by Crippen LogP contribution is -2.76. The molecular weight excluding hydrogens is 411 g/mol. The quantitative estimate of drug-likeness (QED) is 0.772. The predicted octanol–water partition coefficient (Wildman–Crippen LogP) is 4.37. The lowest BCUT2D eigenvalue weighted by Gasteiger charge is -2.65. The Kier molecular flexibility index (Phi) is 5.36. The van der Waals surface area contributed by atoms with Crippen LogP contribution >= 0.6 is 0 Å². The summed E-state index contributed by atoms with van der Waals surface area (Å²) in [5.74, 6) is 0.311. The topological polar surface area (TPSA) is 80.2 Å². The molecule has 1 saturated carbocycles. The minimum Gasteiger partial charge on any atom is -0.379 e. The molecule has 2 amide bonds. The van der Waals surface area contributed by atoms with E-state index in [1.807, 2.05) is 6.92 Å². The maximum absolute atomic E-state index is 13.5. The fourth-order valence-corrected chi connectivity index (χ4v) is 5.09. The third-order valence-electron chi connectivity index (χ3n) is 6.44. The molecule has 2 aromatic rings. The number of fused-ring (bicyclic) bond motifs is 2. The summed E-state index contributed by atoms with van der Waals surface area (Å²) in [7, 11) is 1.62. The Balaban J connectivity index is 1.63. The number of carbonyl (C=O) groups excluding carboxylic acids is 1. The minimum atomic E-state index is -4.60. The van der Waals surface area contributed by atoms with Gasteiger partial charge in [-0.2, -0.15) is 18.3 Å². The molecule has 4 atom stereocenters. The van der Waals surface area contributed by atoms with Crippen LogP contribution in [0, 0.1) is 5.92 Å². The van der Waals surface area contributed by atoms with Gasteiger partial charge in [0.25, 0.3) is 0 Å². The minimum absolute atomic E-state index is 0.0944. The monoisotopic (exact) mass is 435 g/mol.